The summed E-state index contributed by atoms with van der Waals surface area (Å²) in [5.74, 6) is 1.15. The number of piperidine rings is 1. The van der Waals surface area contributed by atoms with Crippen LogP contribution >= 0.6 is 11.6 Å². The van der Waals surface area contributed by atoms with Crippen molar-refractivity contribution < 1.29 is 14.3 Å². The van der Waals surface area contributed by atoms with Gasteiger partial charge in [-0.25, -0.2) is 4.98 Å². The minimum absolute atomic E-state index is 0.177. The van der Waals surface area contributed by atoms with Crippen molar-refractivity contribution in [2.75, 3.05) is 18.4 Å². The summed E-state index contributed by atoms with van der Waals surface area (Å²) in [7, 11) is 0. The molecule has 30 heavy (non-hydrogen) atoms. The normalized spacial score (nSPS) is 20.3. The molecule has 1 saturated heterocycles. The van der Waals surface area contributed by atoms with Gasteiger partial charge in [-0.15, -0.1) is 0 Å². The first-order valence-corrected chi connectivity index (χ1v) is 10.8. The lowest BCUT2D eigenvalue weighted by Crippen LogP contribution is -2.54. The molecular formula is C22H27ClN4O3. The summed E-state index contributed by atoms with van der Waals surface area (Å²) >= 11 is 5.92. The smallest absolute Gasteiger partial charge is 0.255 e. The third kappa shape index (κ3) is 4.23. The molecule has 0 bridgehead atoms. The molecule has 3 heterocycles. The third-order valence-electron chi connectivity index (χ3n) is 5.76. The number of nitrogens with zero attached hydrogens (tertiary/aromatic N) is 3. The Labute approximate surface area is 181 Å². The number of halogens is 1. The molecule has 1 fully saturated rings. The van der Waals surface area contributed by atoms with E-state index in [0.29, 0.717) is 55.5 Å². The van der Waals surface area contributed by atoms with Gasteiger partial charge in [-0.2, -0.15) is 0 Å². The zero-order chi connectivity index (χ0) is 21.3. The zero-order valence-electron chi connectivity index (χ0n) is 17.3. The molecular weight excluding hydrogens is 404 g/mol. The van der Waals surface area contributed by atoms with E-state index in [1.54, 1.807) is 30.5 Å². The van der Waals surface area contributed by atoms with E-state index in [1.165, 1.54) is 0 Å². The number of nitrogens with one attached hydrogen (secondary N) is 1. The van der Waals surface area contributed by atoms with E-state index < -0.39 is 11.7 Å². The monoisotopic (exact) mass is 430 g/mol. The van der Waals surface area contributed by atoms with Crippen LogP contribution in [-0.4, -0.2) is 45.5 Å². The van der Waals surface area contributed by atoms with Crippen molar-refractivity contribution in [2.24, 2.45) is 5.92 Å². The van der Waals surface area contributed by atoms with Gasteiger partial charge in [-0.3, -0.25) is 9.59 Å². The fraction of sp³-hybridized carbons (Fsp3) is 0.500. The number of imidazole rings is 1. The number of amides is 2. The largest absolute Gasteiger partial charge is 0.352 e. The summed E-state index contributed by atoms with van der Waals surface area (Å²) in [6, 6.07) is 7.00. The summed E-state index contributed by atoms with van der Waals surface area (Å²) in [5, 5.41) is 3.53. The van der Waals surface area contributed by atoms with E-state index in [4.69, 9.17) is 16.3 Å². The second-order valence-corrected chi connectivity index (χ2v) is 8.92. The van der Waals surface area contributed by atoms with E-state index in [9.17, 15) is 9.59 Å². The first kappa shape index (κ1) is 20.9. The van der Waals surface area contributed by atoms with Gasteiger partial charge >= 0.3 is 0 Å². The SMILES string of the molecule is CC(C)CC(=O)N1CCC2(CC1)O[C@H](C(=O)Nc1ccc(Cl)cc1)Cn1ccnc12. The number of carbonyl (C=O) groups excluding carboxylic acids is 2. The molecule has 1 aromatic heterocycles. The lowest BCUT2D eigenvalue weighted by atomic mass is 9.88. The van der Waals surface area contributed by atoms with Crippen LogP contribution in [-0.2, 0) is 26.5 Å². The first-order chi connectivity index (χ1) is 14.4. The number of carbonyl (C=O) groups is 2. The molecule has 1 aromatic carbocycles. The fourth-order valence-electron chi connectivity index (χ4n) is 4.23. The molecule has 160 valence electrons. The predicted molar refractivity (Wildman–Crippen MR) is 114 cm³/mol. The summed E-state index contributed by atoms with van der Waals surface area (Å²) in [6.07, 6.45) is 4.79. The second kappa shape index (κ2) is 8.40. The predicted octanol–water partition coefficient (Wildman–Crippen LogP) is 3.44. The highest BCUT2D eigenvalue weighted by Gasteiger charge is 2.47. The maximum Gasteiger partial charge on any atom is 0.255 e. The topological polar surface area (TPSA) is 76.5 Å². The van der Waals surface area contributed by atoms with Crippen LogP contribution in [0.15, 0.2) is 36.7 Å². The molecule has 1 N–H and O–H groups in total. The Balaban J connectivity index is 1.48. The minimum Gasteiger partial charge on any atom is -0.352 e. The van der Waals surface area contributed by atoms with E-state index in [-0.39, 0.29) is 11.8 Å². The van der Waals surface area contributed by atoms with Gasteiger partial charge in [-0.1, -0.05) is 25.4 Å². The molecule has 4 rings (SSSR count). The van der Waals surface area contributed by atoms with Gasteiger partial charge in [-0.05, 0) is 30.2 Å². The van der Waals surface area contributed by atoms with E-state index in [1.807, 2.05) is 29.5 Å². The fourth-order valence-corrected chi connectivity index (χ4v) is 4.35. The van der Waals surface area contributed by atoms with Crippen LogP contribution in [0, 0.1) is 5.92 Å². The molecule has 2 amide bonds. The van der Waals surface area contributed by atoms with Gasteiger partial charge < -0.3 is 19.5 Å². The van der Waals surface area contributed by atoms with Crippen LogP contribution in [0.1, 0.15) is 38.9 Å². The van der Waals surface area contributed by atoms with Gasteiger partial charge in [0.15, 0.2) is 6.10 Å². The summed E-state index contributed by atoms with van der Waals surface area (Å²) < 4.78 is 8.41. The van der Waals surface area contributed by atoms with Crippen LogP contribution in [0.3, 0.4) is 0 Å². The second-order valence-electron chi connectivity index (χ2n) is 8.48. The lowest BCUT2D eigenvalue weighted by molar-refractivity contribution is -0.172. The maximum absolute atomic E-state index is 12.9. The molecule has 1 spiro atoms. The van der Waals surface area contributed by atoms with Crippen molar-refractivity contribution in [3.63, 3.8) is 0 Å². The van der Waals surface area contributed by atoms with Crippen LogP contribution in [0.2, 0.25) is 5.02 Å². The average molecular weight is 431 g/mol. The number of ether oxygens (including phenoxy) is 1. The van der Waals surface area contributed by atoms with Gasteiger partial charge in [0.2, 0.25) is 5.91 Å². The van der Waals surface area contributed by atoms with Crippen molar-refractivity contribution >= 4 is 29.1 Å². The highest BCUT2D eigenvalue weighted by molar-refractivity contribution is 6.30. The Morgan fingerprint density at radius 1 is 1.27 bits per heavy atom. The van der Waals surface area contributed by atoms with Crippen LogP contribution in [0.5, 0.6) is 0 Å². The number of anilines is 1. The maximum atomic E-state index is 12.9. The molecule has 0 aliphatic carbocycles. The lowest BCUT2D eigenvalue weighted by Gasteiger charge is -2.45. The summed E-state index contributed by atoms with van der Waals surface area (Å²) in [5.41, 5.74) is 0.0193. The third-order valence-corrected chi connectivity index (χ3v) is 6.02. The molecule has 2 aliphatic rings. The molecule has 0 saturated carbocycles. The Hall–Kier alpha value is -2.38. The Bertz CT molecular complexity index is 917. The zero-order valence-corrected chi connectivity index (χ0v) is 18.1. The summed E-state index contributed by atoms with van der Waals surface area (Å²) in [4.78, 5) is 31.8. The molecule has 2 aromatic rings. The molecule has 1 atom stereocenters. The van der Waals surface area contributed by atoms with Crippen molar-refractivity contribution in [1.82, 2.24) is 14.5 Å². The molecule has 0 unspecified atom stereocenters. The van der Waals surface area contributed by atoms with Gasteiger partial charge in [0, 0.05) is 55.5 Å². The number of benzene rings is 1. The van der Waals surface area contributed by atoms with Crippen molar-refractivity contribution in [2.45, 2.75) is 51.4 Å². The van der Waals surface area contributed by atoms with Crippen LogP contribution in [0.4, 0.5) is 5.69 Å². The number of rotatable bonds is 4. The van der Waals surface area contributed by atoms with Gasteiger partial charge in [0.25, 0.3) is 5.91 Å². The van der Waals surface area contributed by atoms with Gasteiger partial charge in [0.05, 0.1) is 6.54 Å². The van der Waals surface area contributed by atoms with Crippen molar-refractivity contribution in [3.05, 3.63) is 47.5 Å². The van der Waals surface area contributed by atoms with Crippen LogP contribution < -0.4 is 5.32 Å². The van der Waals surface area contributed by atoms with Crippen molar-refractivity contribution in [3.8, 4) is 0 Å². The molecule has 8 heteroatoms. The Morgan fingerprint density at radius 2 is 1.97 bits per heavy atom. The highest BCUT2D eigenvalue weighted by atomic mass is 35.5. The molecule has 2 aliphatic heterocycles. The molecule has 0 radical (unpaired) electrons. The minimum atomic E-state index is -0.654. The van der Waals surface area contributed by atoms with E-state index in [2.05, 4.69) is 10.3 Å². The van der Waals surface area contributed by atoms with Gasteiger partial charge in [0.1, 0.15) is 11.4 Å². The Kier molecular flexibility index (Phi) is 5.84. The number of likely N-dealkylation sites (tertiary alicyclic amines) is 1. The van der Waals surface area contributed by atoms with E-state index in [0.717, 1.165) is 5.82 Å². The number of aromatic nitrogens is 2. The van der Waals surface area contributed by atoms with Crippen molar-refractivity contribution in [1.29, 1.82) is 0 Å². The quantitative estimate of drug-likeness (QED) is 0.806. The van der Waals surface area contributed by atoms with E-state index >= 15 is 0 Å². The summed E-state index contributed by atoms with van der Waals surface area (Å²) in [6.45, 7) is 5.71. The highest BCUT2D eigenvalue weighted by Crippen LogP contribution is 2.40. The Morgan fingerprint density at radius 3 is 2.63 bits per heavy atom. The van der Waals surface area contributed by atoms with Crippen LogP contribution in [0.25, 0.3) is 0 Å². The standard InChI is InChI=1S/C22H27ClN4O3/c1-15(2)13-19(28)26-10-7-22(8-11-26)21-24-9-12-27(21)14-18(30-22)20(29)25-17-5-3-16(23)4-6-17/h3-6,9,12,15,18H,7-8,10-11,13-14H2,1-2H3,(H,25,29)/t18-/m0/s1. The number of hydrogen-bond acceptors (Lipinski definition) is 4. The first-order valence-electron chi connectivity index (χ1n) is 10.4. The number of hydrogen-bond donors (Lipinski definition) is 1. The molecule has 7 nitrogen and oxygen atoms in total. The average Bonchev–Trinajstić information content (AvgIpc) is 3.19. The number of fused-ring (bicyclic) bond motifs is 2.